The predicted octanol–water partition coefficient (Wildman–Crippen LogP) is 4.39. The second-order valence-corrected chi connectivity index (χ2v) is 7.96. The predicted molar refractivity (Wildman–Crippen MR) is 116 cm³/mol. The SMILES string of the molecule is CCN(CC)C(=O)c1nc(C(=O)Nc2c(C)cccc2C(C)C)n2c1CCCC2. The van der Waals surface area contributed by atoms with Gasteiger partial charge in [0.05, 0.1) is 5.69 Å². The Kier molecular flexibility index (Phi) is 6.40. The molecule has 1 aliphatic heterocycles. The van der Waals surface area contributed by atoms with Crippen molar-refractivity contribution in [1.82, 2.24) is 14.5 Å². The number of aryl methyl sites for hydroxylation is 1. The number of carbonyl (C=O) groups is 2. The first-order valence-corrected chi connectivity index (χ1v) is 10.7. The fraction of sp³-hybridized carbons (Fsp3) is 0.522. The van der Waals surface area contributed by atoms with Crippen molar-refractivity contribution in [3.05, 3.63) is 46.5 Å². The van der Waals surface area contributed by atoms with Gasteiger partial charge in [0, 0.05) is 25.3 Å². The topological polar surface area (TPSA) is 67.2 Å². The molecule has 1 N–H and O–H groups in total. The molecule has 2 amide bonds. The molecule has 0 fully saturated rings. The molecular formula is C23H32N4O2. The van der Waals surface area contributed by atoms with Crippen LogP contribution in [0.1, 0.15) is 84.4 Å². The van der Waals surface area contributed by atoms with E-state index in [0.29, 0.717) is 30.5 Å². The highest BCUT2D eigenvalue weighted by atomic mass is 16.2. The summed E-state index contributed by atoms with van der Waals surface area (Å²) in [5.74, 6) is 0.300. The Bertz CT molecular complexity index is 910. The number of aromatic nitrogens is 2. The average molecular weight is 397 g/mol. The van der Waals surface area contributed by atoms with E-state index >= 15 is 0 Å². The summed E-state index contributed by atoms with van der Waals surface area (Å²) in [5.41, 5.74) is 4.30. The molecular weight excluding hydrogens is 364 g/mol. The number of imidazole rings is 1. The molecule has 29 heavy (non-hydrogen) atoms. The summed E-state index contributed by atoms with van der Waals surface area (Å²) in [6, 6.07) is 6.06. The third kappa shape index (κ3) is 4.07. The molecule has 0 bridgehead atoms. The lowest BCUT2D eigenvalue weighted by molar-refractivity contribution is 0.0766. The monoisotopic (exact) mass is 396 g/mol. The van der Waals surface area contributed by atoms with Crippen LogP contribution in [0.4, 0.5) is 5.69 Å². The maximum atomic E-state index is 13.2. The second kappa shape index (κ2) is 8.80. The fourth-order valence-electron chi connectivity index (χ4n) is 4.06. The summed E-state index contributed by atoms with van der Waals surface area (Å²) in [7, 11) is 0. The van der Waals surface area contributed by atoms with Crippen LogP contribution in [0.15, 0.2) is 18.2 Å². The van der Waals surface area contributed by atoms with E-state index in [1.165, 1.54) is 0 Å². The quantitative estimate of drug-likeness (QED) is 0.788. The van der Waals surface area contributed by atoms with Gasteiger partial charge in [0.25, 0.3) is 11.8 Å². The Morgan fingerprint density at radius 2 is 1.93 bits per heavy atom. The lowest BCUT2D eigenvalue weighted by atomic mass is 9.98. The number of amides is 2. The summed E-state index contributed by atoms with van der Waals surface area (Å²) in [5, 5.41) is 3.09. The number of hydrogen-bond donors (Lipinski definition) is 1. The Labute approximate surface area is 173 Å². The van der Waals surface area contributed by atoms with E-state index < -0.39 is 0 Å². The summed E-state index contributed by atoms with van der Waals surface area (Å²) in [6.45, 7) is 12.1. The summed E-state index contributed by atoms with van der Waals surface area (Å²) >= 11 is 0. The maximum absolute atomic E-state index is 13.2. The van der Waals surface area contributed by atoms with Crippen molar-refractivity contribution in [2.75, 3.05) is 18.4 Å². The van der Waals surface area contributed by atoms with Crippen molar-refractivity contribution in [2.45, 2.75) is 66.3 Å². The number of nitrogens with zero attached hydrogens (tertiary/aromatic N) is 3. The molecule has 1 aliphatic rings. The van der Waals surface area contributed by atoms with E-state index in [9.17, 15) is 9.59 Å². The second-order valence-electron chi connectivity index (χ2n) is 7.96. The normalized spacial score (nSPS) is 13.3. The fourth-order valence-corrected chi connectivity index (χ4v) is 4.06. The van der Waals surface area contributed by atoms with Gasteiger partial charge in [0.15, 0.2) is 5.82 Å². The molecule has 1 aromatic carbocycles. The number of anilines is 1. The molecule has 6 nitrogen and oxygen atoms in total. The van der Waals surface area contributed by atoms with Gasteiger partial charge in [-0.05, 0) is 57.1 Å². The van der Waals surface area contributed by atoms with Crippen LogP contribution in [0.3, 0.4) is 0 Å². The van der Waals surface area contributed by atoms with Crippen molar-refractivity contribution < 1.29 is 9.59 Å². The van der Waals surface area contributed by atoms with E-state index in [2.05, 4.69) is 24.1 Å². The first-order chi connectivity index (χ1) is 13.9. The smallest absolute Gasteiger partial charge is 0.291 e. The van der Waals surface area contributed by atoms with Crippen molar-refractivity contribution >= 4 is 17.5 Å². The molecule has 2 aromatic rings. The van der Waals surface area contributed by atoms with Crippen LogP contribution in [0.25, 0.3) is 0 Å². The Hall–Kier alpha value is -2.63. The molecule has 1 aromatic heterocycles. The van der Waals surface area contributed by atoms with Gasteiger partial charge in [-0.15, -0.1) is 0 Å². The first kappa shape index (κ1) is 21.1. The van der Waals surface area contributed by atoms with Gasteiger partial charge in [-0.25, -0.2) is 4.98 Å². The summed E-state index contributed by atoms with van der Waals surface area (Å²) in [6.07, 6.45) is 2.79. The molecule has 6 heteroatoms. The van der Waals surface area contributed by atoms with E-state index in [-0.39, 0.29) is 11.8 Å². The molecule has 0 aliphatic carbocycles. The van der Waals surface area contributed by atoms with Crippen LogP contribution < -0.4 is 5.32 Å². The van der Waals surface area contributed by atoms with E-state index in [1.807, 2.05) is 43.5 Å². The van der Waals surface area contributed by atoms with E-state index in [1.54, 1.807) is 4.90 Å². The number of hydrogen-bond acceptors (Lipinski definition) is 3. The van der Waals surface area contributed by atoms with Crippen molar-refractivity contribution in [1.29, 1.82) is 0 Å². The van der Waals surface area contributed by atoms with Gasteiger partial charge >= 0.3 is 0 Å². The molecule has 0 saturated carbocycles. The number of benzene rings is 1. The molecule has 0 atom stereocenters. The third-order valence-electron chi connectivity index (χ3n) is 5.74. The molecule has 156 valence electrons. The standard InChI is InChI=1S/C23H32N4O2/c1-6-26(7-2)23(29)20-18-13-8-9-14-27(18)21(24-20)22(28)25-19-16(5)11-10-12-17(19)15(3)4/h10-12,15H,6-9,13-14H2,1-5H3,(H,25,28). The maximum Gasteiger partial charge on any atom is 0.291 e. The molecule has 3 rings (SSSR count). The Balaban J connectivity index is 2.00. The van der Waals surface area contributed by atoms with E-state index in [0.717, 1.165) is 48.3 Å². The van der Waals surface area contributed by atoms with Crippen molar-refractivity contribution in [2.24, 2.45) is 0 Å². The molecule has 0 saturated heterocycles. The zero-order chi connectivity index (χ0) is 21.1. The largest absolute Gasteiger partial charge is 0.338 e. The number of para-hydroxylation sites is 1. The lowest BCUT2D eigenvalue weighted by Gasteiger charge is -2.20. The van der Waals surface area contributed by atoms with Crippen molar-refractivity contribution in [3.8, 4) is 0 Å². The van der Waals surface area contributed by atoms with Gasteiger partial charge in [0.2, 0.25) is 0 Å². The van der Waals surface area contributed by atoms with Gasteiger partial charge in [-0.1, -0.05) is 32.0 Å². The van der Waals surface area contributed by atoms with Crippen LogP contribution >= 0.6 is 0 Å². The zero-order valence-electron chi connectivity index (χ0n) is 18.2. The van der Waals surface area contributed by atoms with Crippen LogP contribution in [0.5, 0.6) is 0 Å². The third-order valence-corrected chi connectivity index (χ3v) is 5.74. The minimum atomic E-state index is -0.247. The van der Waals surface area contributed by atoms with Gasteiger partial charge in [-0.2, -0.15) is 0 Å². The highest BCUT2D eigenvalue weighted by Gasteiger charge is 2.29. The van der Waals surface area contributed by atoms with Crippen LogP contribution in [0.2, 0.25) is 0 Å². The summed E-state index contributed by atoms with van der Waals surface area (Å²) < 4.78 is 1.95. The van der Waals surface area contributed by atoms with Gasteiger partial charge in [0.1, 0.15) is 5.69 Å². The Morgan fingerprint density at radius 1 is 1.21 bits per heavy atom. The number of carbonyl (C=O) groups excluding carboxylic acids is 2. The highest BCUT2D eigenvalue weighted by Crippen LogP contribution is 2.29. The lowest BCUT2D eigenvalue weighted by Crippen LogP contribution is -2.31. The molecule has 0 unspecified atom stereocenters. The van der Waals surface area contributed by atoms with E-state index in [4.69, 9.17) is 0 Å². The van der Waals surface area contributed by atoms with Crippen molar-refractivity contribution in [3.63, 3.8) is 0 Å². The van der Waals surface area contributed by atoms with Gasteiger partial charge in [-0.3, -0.25) is 9.59 Å². The number of nitrogens with one attached hydrogen (secondary N) is 1. The number of fused-ring (bicyclic) bond motifs is 1. The molecule has 0 spiro atoms. The Morgan fingerprint density at radius 3 is 2.59 bits per heavy atom. The first-order valence-electron chi connectivity index (χ1n) is 10.7. The van der Waals surface area contributed by atoms with Gasteiger partial charge < -0.3 is 14.8 Å². The minimum absolute atomic E-state index is 0.0848. The molecule has 2 heterocycles. The van der Waals surface area contributed by atoms with Crippen LogP contribution in [-0.2, 0) is 13.0 Å². The van der Waals surface area contributed by atoms with Crippen LogP contribution in [-0.4, -0.2) is 39.4 Å². The average Bonchev–Trinajstić information content (AvgIpc) is 3.10. The molecule has 0 radical (unpaired) electrons. The minimum Gasteiger partial charge on any atom is -0.338 e. The number of rotatable bonds is 6. The zero-order valence-corrected chi connectivity index (χ0v) is 18.2. The summed E-state index contributed by atoms with van der Waals surface area (Å²) in [4.78, 5) is 32.6. The van der Waals surface area contributed by atoms with Crippen LogP contribution in [0, 0.1) is 6.92 Å². The highest BCUT2D eigenvalue weighted by molar-refractivity contribution is 6.04.